The molecule has 0 bridgehead atoms. The highest BCUT2D eigenvalue weighted by Gasteiger charge is 2.17. The minimum atomic E-state index is -0.486. The first-order chi connectivity index (χ1) is 14.0. The van der Waals surface area contributed by atoms with E-state index in [9.17, 15) is 14.0 Å². The molecule has 6 nitrogen and oxygen atoms in total. The van der Waals surface area contributed by atoms with Gasteiger partial charge < -0.3 is 10.2 Å². The largest absolute Gasteiger partial charge is 0.351 e. The molecule has 29 heavy (non-hydrogen) atoms. The van der Waals surface area contributed by atoms with Gasteiger partial charge in [-0.15, -0.1) is 0 Å². The van der Waals surface area contributed by atoms with E-state index in [-0.39, 0.29) is 12.1 Å². The number of carbonyl (C=O) groups excluding carboxylic acids is 1. The van der Waals surface area contributed by atoms with Crippen LogP contribution in [0.4, 0.5) is 4.39 Å². The summed E-state index contributed by atoms with van der Waals surface area (Å²) in [4.78, 5) is 32.2. The molecule has 0 aliphatic carbocycles. The lowest BCUT2D eigenvalue weighted by molar-refractivity contribution is 0.0947. The van der Waals surface area contributed by atoms with Crippen molar-refractivity contribution in [2.75, 3.05) is 26.2 Å². The first kappa shape index (κ1) is 20.7. The maximum Gasteiger partial charge on any atom is 0.265 e. The molecular weight excluding hydrogens is 371 g/mol. The standard InChI is InChI=1S/C22H25FN4O2/c1-3-26(4-2)13-12-25-21(28)18-14-16-9-7-11-24-20(16)27(22(18)29)15-17-8-5-6-10-19(17)23/h5-11,14H,3-4,12-13,15H2,1-2H3,(H,25,28). The summed E-state index contributed by atoms with van der Waals surface area (Å²) in [6, 6.07) is 11.3. The molecule has 0 radical (unpaired) electrons. The lowest BCUT2D eigenvalue weighted by atomic mass is 10.1. The zero-order chi connectivity index (χ0) is 20.8. The molecule has 1 amide bonds. The van der Waals surface area contributed by atoms with Gasteiger partial charge in [-0.1, -0.05) is 32.0 Å². The van der Waals surface area contributed by atoms with Gasteiger partial charge in [-0.2, -0.15) is 0 Å². The van der Waals surface area contributed by atoms with E-state index in [0.717, 1.165) is 13.1 Å². The van der Waals surface area contributed by atoms with Crippen molar-refractivity contribution >= 4 is 16.9 Å². The minimum absolute atomic E-state index is 0.000410. The second kappa shape index (κ2) is 9.43. The Labute approximate surface area is 169 Å². The zero-order valence-electron chi connectivity index (χ0n) is 16.7. The summed E-state index contributed by atoms with van der Waals surface area (Å²) in [6.07, 6.45) is 1.57. The molecule has 1 aromatic carbocycles. The van der Waals surface area contributed by atoms with E-state index in [1.54, 1.807) is 42.6 Å². The van der Waals surface area contributed by atoms with E-state index < -0.39 is 17.3 Å². The molecule has 0 spiro atoms. The molecule has 7 heteroatoms. The second-order valence-corrected chi connectivity index (χ2v) is 6.74. The molecule has 0 fully saturated rings. The van der Waals surface area contributed by atoms with E-state index >= 15 is 0 Å². The SMILES string of the molecule is CCN(CC)CCNC(=O)c1cc2cccnc2n(Cc2ccccc2F)c1=O. The van der Waals surface area contributed by atoms with E-state index in [0.29, 0.717) is 29.7 Å². The predicted molar refractivity (Wildman–Crippen MR) is 112 cm³/mol. The van der Waals surface area contributed by atoms with Crippen LogP contribution in [-0.4, -0.2) is 46.5 Å². The van der Waals surface area contributed by atoms with Crippen molar-refractivity contribution < 1.29 is 9.18 Å². The molecule has 3 aromatic rings. The summed E-state index contributed by atoms with van der Waals surface area (Å²) >= 11 is 0. The lowest BCUT2D eigenvalue weighted by Crippen LogP contribution is -2.38. The third-order valence-electron chi connectivity index (χ3n) is 4.99. The summed E-state index contributed by atoms with van der Waals surface area (Å²) < 4.78 is 15.5. The fourth-order valence-corrected chi connectivity index (χ4v) is 3.28. The molecule has 0 saturated heterocycles. The molecule has 3 rings (SSSR count). The molecule has 0 aliphatic rings. The molecule has 2 heterocycles. The van der Waals surface area contributed by atoms with Crippen molar-refractivity contribution in [3.63, 3.8) is 0 Å². The van der Waals surface area contributed by atoms with Gasteiger partial charge in [-0.25, -0.2) is 9.37 Å². The van der Waals surface area contributed by atoms with Gasteiger partial charge in [0.1, 0.15) is 17.0 Å². The first-order valence-corrected chi connectivity index (χ1v) is 9.77. The van der Waals surface area contributed by atoms with Crippen LogP contribution in [0.25, 0.3) is 11.0 Å². The van der Waals surface area contributed by atoms with Crippen LogP contribution in [0, 0.1) is 5.82 Å². The average molecular weight is 396 g/mol. The Balaban J connectivity index is 1.95. The Morgan fingerprint density at radius 1 is 1.17 bits per heavy atom. The number of nitrogens with one attached hydrogen (secondary N) is 1. The number of likely N-dealkylation sites (N-methyl/N-ethyl adjacent to an activating group) is 1. The molecule has 0 aliphatic heterocycles. The number of benzene rings is 1. The Hall–Kier alpha value is -3.06. The maximum atomic E-state index is 14.2. The molecule has 1 N–H and O–H groups in total. The maximum absolute atomic E-state index is 14.2. The van der Waals surface area contributed by atoms with Crippen LogP contribution in [0.3, 0.4) is 0 Å². The van der Waals surface area contributed by atoms with Gasteiger partial charge >= 0.3 is 0 Å². The van der Waals surface area contributed by atoms with E-state index in [1.807, 2.05) is 0 Å². The number of halogens is 1. The van der Waals surface area contributed by atoms with Gasteiger partial charge in [-0.05, 0) is 37.4 Å². The lowest BCUT2D eigenvalue weighted by Gasteiger charge is -2.18. The molecular formula is C22H25FN4O2. The van der Waals surface area contributed by atoms with Crippen LogP contribution >= 0.6 is 0 Å². The van der Waals surface area contributed by atoms with Crippen molar-refractivity contribution in [2.24, 2.45) is 0 Å². The molecule has 0 unspecified atom stereocenters. The number of amides is 1. The van der Waals surface area contributed by atoms with Crippen LogP contribution < -0.4 is 10.9 Å². The molecule has 0 saturated carbocycles. The molecule has 2 aromatic heterocycles. The van der Waals surface area contributed by atoms with Crippen LogP contribution in [0.2, 0.25) is 0 Å². The number of hydrogen-bond donors (Lipinski definition) is 1. The minimum Gasteiger partial charge on any atom is -0.351 e. The first-order valence-electron chi connectivity index (χ1n) is 9.77. The summed E-state index contributed by atoms with van der Waals surface area (Å²) in [5.74, 6) is -0.840. The number of fused-ring (bicyclic) bond motifs is 1. The van der Waals surface area contributed by atoms with Gasteiger partial charge in [0.2, 0.25) is 0 Å². The van der Waals surface area contributed by atoms with Gasteiger partial charge in [0.25, 0.3) is 11.5 Å². The Morgan fingerprint density at radius 2 is 1.93 bits per heavy atom. The highest BCUT2D eigenvalue weighted by Crippen LogP contribution is 2.14. The molecule has 152 valence electrons. The van der Waals surface area contributed by atoms with Crippen LogP contribution in [-0.2, 0) is 6.54 Å². The molecule has 0 atom stereocenters. The highest BCUT2D eigenvalue weighted by atomic mass is 19.1. The van der Waals surface area contributed by atoms with E-state index in [4.69, 9.17) is 0 Å². The highest BCUT2D eigenvalue weighted by molar-refractivity contribution is 5.96. The van der Waals surface area contributed by atoms with Crippen molar-refractivity contribution in [2.45, 2.75) is 20.4 Å². The van der Waals surface area contributed by atoms with Gasteiger partial charge in [0, 0.05) is 30.2 Å². The number of hydrogen-bond acceptors (Lipinski definition) is 4. The number of aromatic nitrogens is 2. The zero-order valence-corrected chi connectivity index (χ0v) is 16.7. The van der Waals surface area contributed by atoms with Crippen LogP contribution in [0.1, 0.15) is 29.8 Å². The predicted octanol–water partition coefficient (Wildman–Crippen LogP) is 2.66. The Morgan fingerprint density at radius 3 is 2.66 bits per heavy atom. The normalized spacial score (nSPS) is 11.2. The number of carbonyl (C=O) groups is 1. The fraction of sp³-hybridized carbons (Fsp3) is 0.318. The summed E-state index contributed by atoms with van der Waals surface area (Å²) in [5, 5.41) is 3.47. The summed E-state index contributed by atoms with van der Waals surface area (Å²) in [7, 11) is 0. The van der Waals surface area contributed by atoms with Gasteiger partial charge in [-0.3, -0.25) is 14.2 Å². The smallest absolute Gasteiger partial charge is 0.265 e. The van der Waals surface area contributed by atoms with Crippen LogP contribution in [0.5, 0.6) is 0 Å². The van der Waals surface area contributed by atoms with Gasteiger partial charge in [0.15, 0.2) is 0 Å². The van der Waals surface area contributed by atoms with Crippen molar-refractivity contribution in [3.8, 4) is 0 Å². The van der Waals surface area contributed by atoms with E-state index in [2.05, 4.69) is 29.0 Å². The van der Waals surface area contributed by atoms with Crippen molar-refractivity contribution in [3.05, 3.63) is 76.0 Å². The van der Waals surface area contributed by atoms with E-state index in [1.165, 1.54) is 10.6 Å². The van der Waals surface area contributed by atoms with Crippen molar-refractivity contribution in [1.29, 1.82) is 0 Å². The topological polar surface area (TPSA) is 67.2 Å². The average Bonchev–Trinajstić information content (AvgIpc) is 2.74. The summed E-state index contributed by atoms with van der Waals surface area (Å²) in [5.41, 5.74) is 0.322. The third-order valence-corrected chi connectivity index (χ3v) is 4.99. The number of pyridine rings is 2. The Bertz CT molecular complexity index is 1060. The van der Waals surface area contributed by atoms with Crippen molar-refractivity contribution in [1.82, 2.24) is 19.8 Å². The third kappa shape index (κ3) is 4.68. The Kier molecular flexibility index (Phi) is 6.72. The van der Waals surface area contributed by atoms with Crippen LogP contribution in [0.15, 0.2) is 53.5 Å². The fourth-order valence-electron chi connectivity index (χ4n) is 3.28. The quantitative estimate of drug-likeness (QED) is 0.636. The number of nitrogens with zero attached hydrogens (tertiary/aromatic N) is 3. The monoisotopic (exact) mass is 396 g/mol. The number of rotatable bonds is 8. The summed E-state index contributed by atoms with van der Waals surface area (Å²) in [6.45, 7) is 7.05. The second-order valence-electron chi connectivity index (χ2n) is 6.74. The van der Waals surface area contributed by atoms with Gasteiger partial charge in [0.05, 0.1) is 6.54 Å².